The third-order valence-corrected chi connectivity index (χ3v) is 2.62. The van der Waals surface area contributed by atoms with Crippen molar-refractivity contribution in [3.8, 4) is 17.2 Å². The number of methoxy groups -OCH3 is 1. The lowest BCUT2D eigenvalue weighted by atomic mass is 10.1. The van der Waals surface area contributed by atoms with Crippen LogP contribution in [-0.4, -0.2) is 30.1 Å². The van der Waals surface area contributed by atoms with Crippen LogP contribution in [-0.2, 0) is 9.59 Å². The van der Waals surface area contributed by atoms with Crippen LogP contribution in [0.3, 0.4) is 0 Å². The van der Waals surface area contributed by atoms with Gasteiger partial charge in [-0.3, -0.25) is 14.9 Å². The van der Waals surface area contributed by atoms with Crippen LogP contribution >= 0.6 is 0 Å². The summed E-state index contributed by atoms with van der Waals surface area (Å²) in [6, 6.07) is 4.49. The minimum absolute atomic E-state index is 0.0673. The highest BCUT2D eigenvalue weighted by Crippen LogP contribution is 2.30. The molecule has 0 spiro atoms. The van der Waals surface area contributed by atoms with Gasteiger partial charge in [-0.1, -0.05) is 0 Å². The average molecular weight is 251 g/mol. The van der Waals surface area contributed by atoms with E-state index in [1.54, 1.807) is 6.07 Å². The van der Waals surface area contributed by atoms with Crippen molar-refractivity contribution in [2.75, 3.05) is 7.11 Å². The summed E-state index contributed by atoms with van der Waals surface area (Å²) in [4.78, 5) is 22.4. The molecule has 1 fully saturated rings. The van der Waals surface area contributed by atoms with Gasteiger partial charge in [0.25, 0.3) is 5.91 Å². The molecule has 96 valence electrons. The SMILES string of the molecule is COc1ccc(OC2CCC(=O)NC2=O)cc1O. The Morgan fingerprint density at radius 3 is 2.78 bits per heavy atom. The van der Waals surface area contributed by atoms with Gasteiger partial charge in [0.1, 0.15) is 5.75 Å². The van der Waals surface area contributed by atoms with Gasteiger partial charge in [-0.05, 0) is 12.1 Å². The fourth-order valence-corrected chi connectivity index (χ4v) is 1.69. The van der Waals surface area contributed by atoms with Gasteiger partial charge in [-0.2, -0.15) is 0 Å². The Morgan fingerprint density at radius 2 is 2.17 bits per heavy atom. The van der Waals surface area contributed by atoms with Crippen molar-refractivity contribution in [2.45, 2.75) is 18.9 Å². The fourth-order valence-electron chi connectivity index (χ4n) is 1.69. The van der Waals surface area contributed by atoms with Gasteiger partial charge in [0.15, 0.2) is 17.6 Å². The minimum atomic E-state index is -0.713. The molecule has 2 amide bonds. The first-order valence-corrected chi connectivity index (χ1v) is 5.47. The van der Waals surface area contributed by atoms with E-state index in [-0.39, 0.29) is 18.1 Å². The van der Waals surface area contributed by atoms with Crippen LogP contribution in [0.5, 0.6) is 17.2 Å². The van der Waals surface area contributed by atoms with E-state index in [0.29, 0.717) is 17.9 Å². The van der Waals surface area contributed by atoms with Crippen LogP contribution in [0.15, 0.2) is 18.2 Å². The highest BCUT2D eigenvalue weighted by Gasteiger charge is 2.28. The lowest BCUT2D eigenvalue weighted by Crippen LogP contribution is -2.46. The largest absolute Gasteiger partial charge is 0.504 e. The molecule has 1 unspecified atom stereocenters. The van der Waals surface area contributed by atoms with Gasteiger partial charge >= 0.3 is 0 Å². The third kappa shape index (κ3) is 2.53. The first kappa shape index (κ1) is 12.2. The highest BCUT2D eigenvalue weighted by atomic mass is 16.5. The number of amides is 2. The second-order valence-electron chi connectivity index (χ2n) is 3.89. The van der Waals surface area contributed by atoms with Crippen molar-refractivity contribution >= 4 is 11.8 Å². The quantitative estimate of drug-likeness (QED) is 0.768. The van der Waals surface area contributed by atoms with E-state index in [4.69, 9.17) is 9.47 Å². The van der Waals surface area contributed by atoms with Gasteiger partial charge < -0.3 is 14.6 Å². The second-order valence-corrected chi connectivity index (χ2v) is 3.89. The summed E-state index contributed by atoms with van der Waals surface area (Å²) in [5.74, 6) is -0.144. The minimum Gasteiger partial charge on any atom is -0.504 e. The zero-order valence-electron chi connectivity index (χ0n) is 9.80. The maximum absolute atomic E-state index is 11.5. The smallest absolute Gasteiger partial charge is 0.267 e. The number of piperidine rings is 1. The molecule has 1 aliphatic rings. The maximum Gasteiger partial charge on any atom is 0.267 e. The zero-order valence-corrected chi connectivity index (χ0v) is 9.80. The van der Waals surface area contributed by atoms with Crippen LogP contribution < -0.4 is 14.8 Å². The number of ether oxygens (including phenoxy) is 2. The number of rotatable bonds is 3. The Morgan fingerprint density at radius 1 is 1.39 bits per heavy atom. The number of nitrogens with one attached hydrogen (secondary N) is 1. The number of carbonyl (C=O) groups excluding carboxylic acids is 2. The van der Waals surface area contributed by atoms with Gasteiger partial charge in [0, 0.05) is 18.9 Å². The Hall–Kier alpha value is -2.24. The number of carbonyl (C=O) groups is 2. The first-order valence-electron chi connectivity index (χ1n) is 5.47. The summed E-state index contributed by atoms with van der Waals surface area (Å²) in [7, 11) is 1.44. The van der Waals surface area contributed by atoms with E-state index >= 15 is 0 Å². The summed E-state index contributed by atoms with van der Waals surface area (Å²) in [6.45, 7) is 0. The van der Waals surface area contributed by atoms with Crippen molar-refractivity contribution in [1.82, 2.24) is 5.32 Å². The summed E-state index contributed by atoms with van der Waals surface area (Å²) in [5.41, 5.74) is 0. The molecule has 2 N–H and O–H groups in total. The van der Waals surface area contributed by atoms with Crippen molar-refractivity contribution < 1.29 is 24.2 Å². The Kier molecular flexibility index (Phi) is 3.36. The Bertz CT molecular complexity index is 485. The summed E-state index contributed by atoms with van der Waals surface area (Å²) >= 11 is 0. The molecule has 6 nitrogen and oxygen atoms in total. The topological polar surface area (TPSA) is 84.9 Å². The van der Waals surface area contributed by atoms with Gasteiger partial charge in [-0.15, -0.1) is 0 Å². The van der Waals surface area contributed by atoms with E-state index in [1.807, 2.05) is 0 Å². The monoisotopic (exact) mass is 251 g/mol. The lowest BCUT2D eigenvalue weighted by Gasteiger charge is -2.22. The van der Waals surface area contributed by atoms with Gasteiger partial charge in [0.2, 0.25) is 5.91 Å². The summed E-state index contributed by atoms with van der Waals surface area (Å²) in [5, 5.41) is 11.8. The molecule has 6 heteroatoms. The third-order valence-electron chi connectivity index (χ3n) is 2.62. The van der Waals surface area contributed by atoms with Crippen molar-refractivity contribution in [1.29, 1.82) is 0 Å². The number of benzene rings is 1. The van der Waals surface area contributed by atoms with Gasteiger partial charge in [-0.25, -0.2) is 0 Å². The number of imide groups is 1. The van der Waals surface area contributed by atoms with Crippen molar-refractivity contribution in [2.24, 2.45) is 0 Å². The van der Waals surface area contributed by atoms with Crippen LogP contribution in [0.1, 0.15) is 12.8 Å². The molecule has 0 saturated carbocycles. The normalized spacial score (nSPS) is 19.3. The van der Waals surface area contributed by atoms with E-state index in [1.165, 1.54) is 19.2 Å². The standard InChI is InChI=1S/C12H13NO5/c1-17-9-3-2-7(6-8(9)14)18-10-4-5-11(15)13-12(10)16/h2-3,6,10,14H,4-5H2,1H3,(H,13,15,16). The average Bonchev–Trinajstić information content (AvgIpc) is 2.33. The first-order chi connectivity index (χ1) is 8.60. The van der Waals surface area contributed by atoms with Crippen molar-refractivity contribution in [3.63, 3.8) is 0 Å². The predicted molar refractivity (Wildman–Crippen MR) is 61.5 cm³/mol. The molecule has 1 aliphatic heterocycles. The van der Waals surface area contributed by atoms with Crippen molar-refractivity contribution in [3.05, 3.63) is 18.2 Å². The molecule has 1 aromatic rings. The molecule has 0 aliphatic carbocycles. The molecule has 1 atom stereocenters. The van der Waals surface area contributed by atoms with Crippen LogP contribution in [0, 0.1) is 0 Å². The molecule has 2 rings (SSSR count). The lowest BCUT2D eigenvalue weighted by molar-refractivity contribution is -0.138. The molecule has 18 heavy (non-hydrogen) atoms. The van der Waals surface area contributed by atoms with E-state index in [0.717, 1.165) is 0 Å². The molecular weight excluding hydrogens is 238 g/mol. The molecule has 1 saturated heterocycles. The zero-order chi connectivity index (χ0) is 13.1. The number of phenols is 1. The second kappa shape index (κ2) is 4.95. The van der Waals surface area contributed by atoms with Crippen LogP contribution in [0.25, 0.3) is 0 Å². The van der Waals surface area contributed by atoms with Gasteiger partial charge in [0.05, 0.1) is 7.11 Å². The summed E-state index contributed by atoms with van der Waals surface area (Å²) < 4.78 is 10.3. The maximum atomic E-state index is 11.5. The number of hydrogen-bond donors (Lipinski definition) is 2. The summed E-state index contributed by atoms with van der Waals surface area (Å²) in [6.07, 6.45) is -0.133. The van der Waals surface area contributed by atoms with E-state index in [9.17, 15) is 14.7 Å². The van der Waals surface area contributed by atoms with E-state index < -0.39 is 12.0 Å². The van der Waals surface area contributed by atoms with E-state index in [2.05, 4.69) is 5.32 Å². The molecular formula is C12H13NO5. The Balaban J connectivity index is 2.07. The fraction of sp³-hybridized carbons (Fsp3) is 0.333. The number of hydrogen-bond acceptors (Lipinski definition) is 5. The molecule has 0 aromatic heterocycles. The van der Waals surface area contributed by atoms with Crippen LogP contribution in [0.4, 0.5) is 0 Å². The molecule has 1 aromatic carbocycles. The Labute approximate surface area is 104 Å². The number of aromatic hydroxyl groups is 1. The molecule has 0 radical (unpaired) electrons. The molecule has 1 heterocycles. The van der Waals surface area contributed by atoms with Crippen LogP contribution in [0.2, 0.25) is 0 Å². The predicted octanol–water partition coefficient (Wildman–Crippen LogP) is 0.585. The highest BCUT2D eigenvalue weighted by molar-refractivity contribution is 5.99. The molecule has 0 bridgehead atoms. The number of phenolic OH excluding ortho intramolecular Hbond substituents is 1.